The molecule has 0 spiro atoms. The number of hydrogen-bond acceptors (Lipinski definition) is 4. The van der Waals surface area contributed by atoms with E-state index in [9.17, 15) is 0 Å². The maximum Gasteiger partial charge on any atom is 0.191 e. The summed E-state index contributed by atoms with van der Waals surface area (Å²) in [7, 11) is 0. The number of nitrogens with one attached hydrogen (secondary N) is 2. The number of likely N-dealkylation sites (tertiary alicyclic amines) is 1. The summed E-state index contributed by atoms with van der Waals surface area (Å²) < 4.78 is 0. The third-order valence-corrected chi connectivity index (χ3v) is 5.83. The minimum Gasteiger partial charge on any atom is -0.357 e. The van der Waals surface area contributed by atoms with Gasteiger partial charge in [0.15, 0.2) is 5.96 Å². The fourth-order valence-electron chi connectivity index (χ4n) is 3.29. The molecule has 2 heterocycles. The Balaban J connectivity index is 1.69. The second-order valence-electron chi connectivity index (χ2n) is 7.53. The molecule has 2 N–H and O–H groups in total. The molecule has 0 aromatic carbocycles. The van der Waals surface area contributed by atoms with Crippen molar-refractivity contribution in [2.45, 2.75) is 78.3 Å². The zero-order valence-electron chi connectivity index (χ0n) is 17.1. The third kappa shape index (κ3) is 7.23. The summed E-state index contributed by atoms with van der Waals surface area (Å²) in [6.45, 7) is 13.9. The molecule has 1 atom stereocenters. The predicted octanol–water partition coefficient (Wildman–Crippen LogP) is 3.98. The summed E-state index contributed by atoms with van der Waals surface area (Å²) in [6.07, 6.45) is 6.57. The molecule has 0 aliphatic carbocycles. The lowest BCUT2D eigenvalue weighted by molar-refractivity contribution is 0.158. The van der Waals surface area contributed by atoms with Crippen molar-refractivity contribution in [2.75, 3.05) is 26.2 Å². The van der Waals surface area contributed by atoms with E-state index in [1.807, 2.05) is 0 Å². The van der Waals surface area contributed by atoms with Crippen LogP contribution in [0.5, 0.6) is 0 Å². The number of nitrogens with zero attached hydrogens (tertiary/aromatic N) is 3. The molecule has 1 aromatic rings. The number of piperidine rings is 1. The van der Waals surface area contributed by atoms with E-state index >= 15 is 0 Å². The normalized spacial score (nSPS) is 19.1. The first-order valence-electron chi connectivity index (χ1n) is 10.3. The second-order valence-corrected chi connectivity index (χ2v) is 8.47. The lowest BCUT2D eigenvalue weighted by atomic mass is 10.0. The molecule has 0 saturated carbocycles. The van der Waals surface area contributed by atoms with Crippen molar-refractivity contribution in [3.05, 3.63) is 16.1 Å². The molecule has 1 unspecified atom stereocenters. The average molecular weight is 380 g/mol. The van der Waals surface area contributed by atoms with Gasteiger partial charge < -0.3 is 15.5 Å². The molecule has 0 bridgehead atoms. The van der Waals surface area contributed by atoms with Gasteiger partial charge in [0.05, 0.1) is 12.2 Å². The Morgan fingerprint density at radius 1 is 1.35 bits per heavy atom. The van der Waals surface area contributed by atoms with Crippen LogP contribution in [0.4, 0.5) is 0 Å². The van der Waals surface area contributed by atoms with Gasteiger partial charge in [0.25, 0.3) is 0 Å². The van der Waals surface area contributed by atoms with E-state index in [-0.39, 0.29) is 0 Å². The Bertz CT molecular complexity index is 540. The maximum absolute atomic E-state index is 4.69. The van der Waals surface area contributed by atoms with Crippen molar-refractivity contribution in [2.24, 2.45) is 4.99 Å². The first kappa shape index (κ1) is 21.2. The molecule has 1 saturated heterocycles. The van der Waals surface area contributed by atoms with Crippen LogP contribution < -0.4 is 10.6 Å². The quantitative estimate of drug-likeness (QED) is 0.387. The van der Waals surface area contributed by atoms with E-state index in [1.165, 1.54) is 50.9 Å². The summed E-state index contributed by atoms with van der Waals surface area (Å²) in [6, 6.07) is 0.768. The highest BCUT2D eigenvalue weighted by atomic mass is 32.1. The molecule has 0 radical (unpaired) electrons. The molecule has 1 aromatic heterocycles. The maximum atomic E-state index is 4.69. The van der Waals surface area contributed by atoms with E-state index < -0.39 is 0 Å². The standard InChI is InChI=1S/C20H37N5S/c1-5-21-20(23-14-19-24-18(15-26-19)16(2)3)22-11-7-9-13-25-12-8-6-10-17(25)4/h15-17H,5-14H2,1-4H3,(H2,21,22,23). The lowest BCUT2D eigenvalue weighted by Gasteiger charge is -2.33. The van der Waals surface area contributed by atoms with Crippen molar-refractivity contribution >= 4 is 17.3 Å². The van der Waals surface area contributed by atoms with E-state index in [0.717, 1.165) is 30.1 Å². The summed E-state index contributed by atoms with van der Waals surface area (Å²) >= 11 is 1.71. The van der Waals surface area contributed by atoms with Gasteiger partial charge in [-0.15, -0.1) is 11.3 Å². The van der Waals surface area contributed by atoms with Gasteiger partial charge in [-0.3, -0.25) is 0 Å². The summed E-state index contributed by atoms with van der Waals surface area (Å²) in [4.78, 5) is 12.0. The third-order valence-electron chi connectivity index (χ3n) is 4.98. The molecule has 26 heavy (non-hydrogen) atoms. The number of unbranched alkanes of at least 4 members (excludes halogenated alkanes) is 1. The van der Waals surface area contributed by atoms with Crippen LogP contribution in [0.25, 0.3) is 0 Å². The van der Waals surface area contributed by atoms with Gasteiger partial charge in [0, 0.05) is 24.5 Å². The SMILES string of the molecule is CCNC(=NCc1nc(C(C)C)cs1)NCCCCN1CCCCC1C. The first-order chi connectivity index (χ1) is 12.6. The molecular weight excluding hydrogens is 342 g/mol. The van der Waals surface area contributed by atoms with Crippen LogP contribution in [0.15, 0.2) is 10.4 Å². The summed E-state index contributed by atoms with van der Waals surface area (Å²) in [5.41, 5.74) is 1.17. The van der Waals surface area contributed by atoms with Gasteiger partial charge >= 0.3 is 0 Å². The number of rotatable bonds is 9. The number of thiazole rings is 1. The van der Waals surface area contributed by atoms with Gasteiger partial charge in [-0.1, -0.05) is 20.3 Å². The molecule has 2 rings (SSSR count). The zero-order chi connectivity index (χ0) is 18.8. The van der Waals surface area contributed by atoms with Crippen LogP contribution in [-0.2, 0) is 6.54 Å². The van der Waals surface area contributed by atoms with Gasteiger partial charge in [0.1, 0.15) is 5.01 Å². The minimum atomic E-state index is 0.484. The van der Waals surface area contributed by atoms with Crippen LogP contribution in [0.1, 0.15) is 76.4 Å². The fraction of sp³-hybridized carbons (Fsp3) is 0.800. The molecule has 148 valence electrons. The number of guanidine groups is 1. The Morgan fingerprint density at radius 3 is 2.88 bits per heavy atom. The van der Waals surface area contributed by atoms with Crippen LogP contribution >= 0.6 is 11.3 Å². The molecule has 5 nitrogen and oxygen atoms in total. The van der Waals surface area contributed by atoms with Gasteiger partial charge in [-0.05, 0) is 58.5 Å². The number of aliphatic imine (C=N–C) groups is 1. The Morgan fingerprint density at radius 2 is 2.19 bits per heavy atom. The van der Waals surface area contributed by atoms with Gasteiger partial charge in [0.2, 0.25) is 0 Å². The molecule has 1 aliphatic rings. The van der Waals surface area contributed by atoms with Crippen molar-refractivity contribution < 1.29 is 0 Å². The Labute approximate surface area is 163 Å². The van der Waals surface area contributed by atoms with Crippen LogP contribution in [0, 0.1) is 0 Å². The van der Waals surface area contributed by atoms with Crippen LogP contribution in [0.2, 0.25) is 0 Å². The fourth-order valence-corrected chi connectivity index (χ4v) is 4.17. The summed E-state index contributed by atoms with van der Waals surface area (Å²) in [5, 5.41) is 10.0. The highest BCUT2D eigenvalue weighted by Crippen LogP contribution is 2.18. The van der Waals surface area contributed by atoms with E-state index in [4.69, 9.17) is 0 Å². The van der Waals surface area contributed by atoms with Crippen molar-refractivity contribution in [3.63, 3.8) is 0 Å². The first-order valence-corrected chi connectivity index (χ1v) is 11.2. The van der Waals surface area contributed by atoms with E-state index in [1.54, 1.807) is 11.3 Å². The lowest BCUT2D eigenvalue weighted by Crippen LogP contribution is -2.39. The van der Waals surface area contributed by atoms with Crippen LogP contribution in [-0.4, -0.2) is 48.1 Å². The smallest absolute Gasteiger partial charge is 0.191 e. The van der Waals surface area contributed by atoms with Gasteiger partial charge in [-0.25, -0.2) is 9.98 Å². The molecule has 0 amide bonds. The van der Waals surface area contributed by atoms with E-state index in [2.05, 4.69) is 58.6 Å². The Kier molecular flexibility index (Phi) is 9.40. The topological polar surface area (TPSA) is 52.6 Å². The second kappa shape index (κ2) is 11.5. The van der Waals surface area contributed by atoms with Crippen molar-refractivity contribution in [1.29, 1.82) is 0 Å². The number of aromatic nitrogens is 1. The predicted molar refractivity (Wildman–Crippen MR) is 113 cm³/mol. The largest absolute Gasteiger partial charge is 0.357 e. The van der Waals surface area contributed by atoms with Crippen molar-refractivity contribution in [1.82, 2.24) is 20.5 Å². The Hall–Kier alpha value is -1.14. The van der Waals surface area contributed by atoms with Gasteiger partial charge in [-0.2, -0.15) is 0 Å². The molecule has 1 fully saturated rings. The van der Waals surface area contributed by atoms with Crippen molar-refractivity contribution in [3.8, 4) is 0 Å². The molecule has 1 aliphatic heterocycles. The molecular formula is C20H37N5S. The average Bonchev–Trinajstić information content (AvgIpc) is 3.10. The highest BCUT2D eigenvalue weighted by molar-refractivity contribution is 7.09. The minimum absolute atomic E-state index is 0.484. The monoisotopic (exact) mass is 379 g/mol. The van der Waals surface area contributed by atoms with E-state index in [0.29, 0.717) is 12.5 Å². The number of hydrogen-bond donors (Lipinski definition) is 2. The summed E-state index contributed by atoms with van der Waals surface area (Å²) in [5.74, 6) is 1.39. The zero-order valence-corrected chi connectivity index (χ0v) is 17.9. The van der Waals surface area contributed by atoms with Crippen LogP contribution in [0.3, 0.4) is 0 Å². The highest BCUT2D eigenvalue weighted by Gasteiger charge is 2.16. The molecule has 6 heteroatoms.